The Morgan fingerprint density at radius 3 is 2.00 bits per heavy atom. The molecular formula is C10H26N2O2. The van der Waals surface area contributed by atoms with Gasteiger partial charge in [0.2, 0.25) is 0 Å². The number of rotatable bonds is 7. The van der Waals surface area contributed by atoms with Crippen molar-refractivity contribution in [3.05, 3.63) is 0 Å². The van der Waals surface area contributed by atoms with Gasteiger partial charge in [-0.1, -0.05) is 33.1 Å². The lowest BCUT2D eigenvalue weighted by Crippen LogP contribution is -2.12. The zero-order valence-corrected chi connectivity index (χ0v) is 9.79. The molecule has 0 radical (unpaired) electrons. The molecule has 14 heavy (non-hydrogen) atoms. The van der Waals surface area contributed by atoms with Crippen LogP contribution in [0.4, 0.5) is 0 Å². The van der Waals surface area contributed by atoms with Gasteiger partial charge in [0, 0.05) is 20.1 Å². The molecule has 0 aliphatic rings. The number of nitrogens with zero attached hydrogens (tertiary/aromatic N) is 1. The standard InChI is InChI=1S/C6H15NO.C4H11NO/c1-2-3-4-5-6-7-8;1-3-4-5(2)6/h7-8H,2-6H2,1H3;6H,3-4H2,1-2H3. The Morgan fingerprint density at radius 1 is 1.07 bits per heavy atom. The fourth-order valence-corrected chi connectivity index (χ4v) is 0.954. The van der Waals surface area contributed by atoms with E-state index in [9.17, 15) is 0 Å². The second-order valence-corrected chi connectivity index (χ2v) is 3.35. The Kier molecular flexibility index (Phi) is 17.8. The second kappa shape index (κ2) is 15.3. The first kappa shape index (κ1) is 16.3. The van der Waals surface area contributed by atoms with Gasteiger partial charge in [0.25, 0.3) is 0 Å². The molecule has 0 heterocycles. The zero-order valence-electron chi connectivity index (χ0n) is 9.79. The van der Waals surface area contributed by atoms with Gasteiger partial charge in [-0.15, -0.1) is 0 Å². The van der Waals surface area contributed by atoms with Gasteiger partial charge in [0.15, 0.2) is 0 Å². The summed E-state index contributed by atoms with van der Waals surface area (Å²) in [6.45, 7) is 5.69. The summed E-state index contributed by atoms with van der Waals surface area (Å²) in [6.07, 6.45) is 5.86. The Bertz CT molecular complexity index is 84.2. The third kappa shape index (κ3) is 22.6. The number of hydrogen-bond acceptors (Lipinski definition) is 4. The fourth-order valence-electron chi connectivity index (χ4n) is 0.954. The molecule has 0 rings (SSSR count). The third-order valence-electron chi connectivity index (χ3n) is 1.69. The number of nitrogens with one attached hydrogen (secondary N) is 1. The lowest BCUT2D eigenvalue weighted by molar-refractivity contribution is -0.0642. The fraction of sp³-hybridized carbons (Fsp3) is 1.00. The van der Waals surface area contributed by atoms with Crippen molar-refractivity contribution in [1.82, 2.24) is 10.5 Å². The van der Waals surface area contributed by atoms with E-state index in [2.05, 4.69) is 12.4 Å². The van der Waals surface area contributed by atoms with Crippen molar-refractivity contribution in [2.75, 3.05) is 20.1 Å². The summed E-state index contributed by atoms with van der Waals surface area (Å²) < 4.78 is 0. The Morgan fingerprint density at radius 2 is 1.71 bits per heavy atom. The summed E-state index contributed by atoms with van der Waals surface area (Å²) in [6, 6.07) is 0. The molecule has 0 unspecified atom stereocenters. The molecule has 3 N–H and O–H groups in total. The van der Waals surface area contributed by atoms with Gasteiger partial charge in [0.05, 0.1) is 0 Å². The van der Waals surface area contributed by atoms with Gasteiger partial charge in [-0.05, 0) is 12.8 Å². The zero-order chi connectivity index (χ0) is 11.2. The summed E-state index contributed by atoms with van der Waals surface area (Å²) in [4.78, 5) is 0. The molecule has 4 nitrogen and oxygen atoms in total. The van der Waals surface area contributed by atoms with Gasteiger partial charge >= 0.3 is 0 Å². The van der Waals surface area contributed by atoms with Gasteiger partial charge in [0.1, 0.15) is 0 Å². The molecule has 0 fully saturated rings. The first-order chi connectivity index (χ1) is 6.68. The van der Waals surface area contributed by atoms with Crippen molar-refractivity contribution < 1.29 is 10.4 Å². The average Bonchev–Trinajstić information content (AvgIpc) is 2.13. The van der Waals surface area contributed by atoms with Crippen molar-refractivity contribution in [2.24, 2.45) is 0 Å². The van der Waals surface area contributed by atoms with E-state index in [1.54, 1.807) is 7.05 Å². The SMILES string of the molecule is CCCCCCNO.CCCN(C)O. The largest absolute Gasteiger partial charge is 0.317 e. The van der Waals surface area contributed by atoms with Crippen molar-refractivity contribution in [1.29, 1.82) is 0 Å². The molecule has 0 aliphatic heterocycles. The maximum atomic E-state index is 8.39. The normalized spacial score (nSPS) is 9.86. The van der Waals surface area contributed by atoms with Crippen LogP contribution in [0.2, 0.25) is 0 Å². The molecule has 0 atom stereocenters. The lowest BCUT2D eigenvalue weighted by atomic mass is 10.2. The summed E-state index contributed by atoms with van der Waals surface area (Å²) in [5.74, 6) is 0. The smallest absolute Gasteiger partial charge is 0.0232 e. The van der Waals surface area contributed by atoms with E-state index in [4.69, 9.17) is 10.4 Å². The van der Waals surface area contributed by atoms with Crippen LogP contribution >= 0.6 is 0 Å². The van der Waals surface area contributed by atoms with Crippen LogP contribution in [-0.4, -0.2) is 35.6 Å². The van der Waals surface area contributed by atoms with Crippen LogP contribution < -0.4 is 5.48 Å². The van der Waals surface area contributed by atoms with Crippen LogP contribution in [0.3, 0.4) is 0 Å². The third-order valence-corrected chi connectivity index (χ3v) is 1.69. The van der Waals surface area contributed by atoms with Crippen molar-refractivity contribution >= 4 is 0 Å². The highest BCUT2D eigenvalue weighted by Gasteiger charge is 1.83. The molecule has 0 aromatic heterocycles. The van der Waals surface area contributed by atoms with Gasteiger partial charge in [-0.2, -0.15) is 5.06 Å². The van der Waals surface area contributed by atoms with Crippen LogP contribution in [0.5, 0.6) is 0 Å². The molecule has 0 bridgehead atoms. The molecular weight excluding hydrogens is 180 g/mol. The monoisotopic (exact) mass is 206 g/mol. The summed E-state index contributed by atoms with van der Waals surface area (Å²) in [5, 5.41) is 17.7. The molecule has 0 aromatic carbocycles. The minimum atomic E-state index is 0.736. The summed E-state index contributed by atoms with van der Waals surface area (Å²) >= 11 is 0. The molecule has 0 aliphatic carbocycles. The second-order valence-electron chi connectivity index (χ2n) is 3.35. The van der Waals surface area contributed by atoms with E-state index in [1.807, 2.05) is 6.92 Å². The minimum Gasteiger partial charge on any atom is -0.317 e. The maximum Gasteiger partial charge on any atom is 0.0232 e. The summed E-state index contributed by atoms with van der Waals surface area (Å²) in [7, 11) is 1.64. The predicted molar refractivity (Wildman–Crippen MR) is 58.6 cm³/mol. The van der Waals surface area contributed by atoms with E-state index in [0.29, 0.717) is 0 Å². The maximum absolute atomic E-state index is 8.39. The van der Waals surface area contributed by atoms with Crippen LogP contribution in [0.1, 0.15) is 46.0 Å². The van der Waals surface area contributed by atoms with Crippen LogP contribution in [0.15, 0.2) is 0 Å². The van der Waals surface area contributed by atoms with E-state index in [1.165, 1.54) is 24.3 Å². The van der Waals surface area contributed by atoms with Gasteiger partial charge < -0.3 is 10.4 Å². The molecule has 0 saturated heterocycles. The lowest BCUT2D eigenvalue weighted by Gasteiger charge is -2.01. The van der Waals surface area contributed by atoms with E-state index < -0.39 is 0 Å². The van der Waals surface area contributed by atoms with Crippen LogP contribution in [0, 0.1) is 0 Å². The highest BCUT2D eigenvalue weighted by atomic mass is 16.5. The Hall–Kier alpha value is -0.160. The van der Waals surface area contributed by atoms with E-state index in [-0.39, 0.29) is 0 Å². The van der Waals surface area contributed by atoms with Crippen molar-refractivity contribution in [3.8, 4) is 0 Å². The van der Waals surface area contributed by atoms with Gasteiger partial charge in [-0.3, -0.25) is 0 Å². The predicted octanol–water partition coefficient (Wildman–Crippen LogP) is 2.26. The highest BCUT2D eigenvalue weighted by Crippen LogP contribution is 1.96. The molecule has 88 valence electrons. The number of hydrogen-bond donors (Lipinski definition) is 3. The first-order valence-corrected chi connectivity index (χ1v) is 5.45. The Labute approximate surface area is 87.8 Å². The summed E-state index contributed by atoms with van der Waals surface area (Å²) in [5.41, 5.74) is 2.13. The molecule has 0 amide bonds. The highest BCUT2D eigenvalue weighted by molar-refractivity contribution is 4.39. The molecule has 0 aromatic rings. The van der Waals surface area contributed by atoms with Gasteiger partial charge in [-0.25, -0.2) is 5.48 Å². The first-order valence-electron chi connectivity index (χ1n) is 5.45. The van der Waals surface area contributed by atoms with Crippen LogP contribution in [-0.2, 0) is 0 Å². The topological polar surface area (TPSA) is 55.7 Å². The minimum absolute atomic E-state index is 0.736. The molecule has 0 saturated carbocycles. The Balaban J connectivity index is 0. The van der Waals surface area contributed by atoms with E-state index >= 15 is 0 Å². The van der Waals surface area contributed by atoms with E-state index in [0.717, 1.165) is 25.9 Å². The average molecular weight is 206 g/mol. The quantitative estimate of drug-likeness (QED) is 0.442. The molecule has 4 heteroatoms. The number of unbranched alkanes of at least 4 members (excludes halogenated alkanes) is 3. The molecule has 0 spiro atoms. The van der Waals surface area contributed by atoms with Crippen LogP contribution in [0.25, 0.3) is 0 Å². The number of hydroxylamine groups is 3. The van der Waals surface area contributed by atoms with Crippen molar-refractivity contribution in [2.45, 2.75) is 46.0 Å². The van der Waals surface area contributed by atoms with Crippen molar-refractivity contribution in [3.63, 3.8) is 0 Å².